The quantitative estimate of drug-likeness (QED) is 0.823. The topological polar surface area (TPSA) is 41.5 Å². The number of aryl methyl sites for hydroxylation is 1. The van der Waals surface area contributed by atoms with E-state index in [1.54, 1.807) is 11.8 Å². The zero-order valence-corrected chi connectivity index (χ0v) is 16.2. The Bertz CT molecular complexity index is 834. The Labute approximate surface area is 163 Å². The Kier molecular flexibility index (Phi) is 5.65. The smallest absolute Gasteiger partial charge is 0.252 e. The van der Waals surface area contributed by atoms with Gasteiger partial charge in [0.15, 0.2) is 0 Å². The van der Waals surface area contributed by atoms with Gasteiger partial charge >= 0.3 is 0 Å². The molecule has 1 N–H and O–H groups in total. The molecule has 0 spiro atoms. The van der Waals surface area contributed by atoms with Crippen LogP contribution >= 0.6 is 23.5 Å². The number of aliphatic imine (C=N–C) groups is 1. The predicted octanol–water partition coefficient (Wildman–Crippen LogP) is 4.83. The highest BCUT2D eigenvalue weighted by Crippen LogP contribution is 2.30. The highest BCUT2D eigenvalue weighted by molar-refractivity contribution is 8.38. The maximum atomic E-state index is 13.0. The van der Waals surface area contributed by atoms with Crippen LogP contribution in [0.3, 0.4) is 0 Å². The number of benzene rings is 2. The van der Waals surface area contributed by atoms with Crippen molar-refractivity contribution in [2.75, 3.05) is 12.3 Å². The lowest BCUT2D eigenvalue weighted by Crippen LogP contribution is -2.31. The molecule has 5 heteroatoms. The molecule has 1 atom stereocenters. The van der Waals surface area contributed by atoms with Gasteiger partial charge in [-0.05, 0) is 42.0 Å². The summed E-state index contributed by atoms with van der Waals surface area (Å²) in [5.74, 6) is 1.89. The van der Waals surface area contributed by atoms with Gasteiger partial charge in [-0.25, -0.2) is 0 Å². The summed E-state index contributed by atoms with van der Waals surface area (Å²) in [6.07, 6.45) is 3.24. The molecule has 2 aromatic carbocycles. The molecule has 2 aromatic rings. The van der Waals surface area contributed by atoms with E-state index in [4.69, 9.17) is 0 Å². The zero-order chi connectivity index (χ0) is 17.8. The normalized spacial score (nSPS) is 18.9. The van der Waals surface area contributed by atoms with Crippen molar-refractivity contribution in [2.45, 2.75) is 31.1 Å². The van der Waals surface area contributed by atoms with Gasteiger partial charge in [0, 0.05) is 17.1 Å². The van der Waals surface area contributed by atoms with E-state index in [1.165, 1.54) is 11.1 Å². The van der Waals surface area contributed by atoms with Crippen LogP contribution in [0.4, 0.5) is 0 Å². The summed E-state index contributed by atoms with van der Waals surface area (Å²) in [5, 5.41) is 3.28. The fourth-order valence-electron chi connectivity index (χ4n) is 3.55. The van der Waals surface area contributed by atoms with Gasteiger partial charge in [-0.15, -0.1) is 0 Å². The maximum Gasteiger partial charge on any atom is 0.252 e. The maximum absolute atomic E-state index is 13.0. The van der Waals surface area contributed by atoms with Gasteiger partial charge in [-0.1, -0.05) is 66.0 Å². The first-order chi connectivity index (χ1) is 12.8. The summed E-state index contributed by atoms with van der Waals surface area (Å²) in [7, 11) is 0. The van der Waals surface area contributed by atoms with E-state index in [0.29, 0.717) is 0 Å². The van der Waals surface area contributed by atoms with Gasteiger partial charge in [0.1, 0.15) is 4.38 Å². The van der Waals surface area contributed by atoms with Crippen molar-refractivity contribution in [3.8, 4) is 0 Å². The molecule has 26 heavy (non-hydrogen) atoms. The van der Waals surface area contributed by atoms with Crippen LogP contribution in [0.15, 0.2) is 53.5 Å². The number of nitrogens with one attached hydrogen (secondary N) is 1. The van der Waals surface area contributed by atoms with Gasteiger partial charge in [-0.3, -0.25) is 9.79 Å². The van der Waals surface area contributed by atoms with Gasteiger partial charge in [0.25, 0.3) is 5.91 Å². The third-order valence-electron chi connectivity index (χ3n) is 4.85. The lowest BCUT2D eigenvalue weighted by Gasteiger charge is -2.26. The number of nitrogens with zero attached hydrogens (tertiary/aromatic N) is 1. The number of fused-ring (bicyclic) bond motifs is 1. The van der Waals surface area contributed by atoms with Crippen molar-refractivity contribution in [3.63, 3.8) is 0 Å². The van der Waals surface area contributed by atoms with E-state index in [2.05, 4.69) is 40.6 Å². The van der Waals surface area contributed by atoms with Crippen LogP contribution < -0.4 is 5.32 Å². The summed E-state index contributed by atoms with van der Waals surface area (Å²) in [6, 6.07) is 16.5. The van der Waals surface area contributed by atoms with Crippen molar-refractivity contribution < 1.29 is 4.79 Å². The fourth-order valence-corrected chi connectivity index (χ4v) is 5.56. The minimum atomic E-state index is 0.0314. The summed E-state index contributed by atoms with van der Waals surface area (Å²) >= 11 is 3.55. The molecular formula is C21H22N2OS2. The van der Waals surface area contributed by atoms with Gasteiger partial charge in [0.05, 0.1) is 12.6 Å². The van der Waals surface area contributed by atoms with Gasteiger partial charge < -0.3 is 5.32 Å². The standard InChI is InChI=1S/C21H22N2OS2/c24-20(23-19-11-5-8-15-6-1-3-9-17(15)19)18-10-4-2-7-16(18)14-26-21-22-12-13-25-21/h1-4,6-7,9-10,19H,5,8,11-14H2,(H,23,24)/t19-/m1/s1. The lowest BCUT2D eigenvalue weighted by molar-refractivity contribution is 0.0932. The molecule has 0 bridgehead atoms. The molecule has 0 saturated carbocycles. The first-order valence-corrected chi connectivity index (χ1v) is 11.0. The van der Waals surface area contributed by atoms with Crippen LogP contribution in [0.25, 0.3) is 0 Å². The van der Waals surface area contributed by atoms with Crippen molar-refractivity contribution >= 4 is 33.8 Å². The average Bonchev–Trinajstić information content (AvgIpc) is 3.20. The summed E-state index contributed by atoms with van der Waals surface area (Å²) < 4.78 is 1.14. The molecule has 0 fully saturated rings. The third-order valence-corrected chi connectivity index (χ3v) is 7.15. The number of hydrogen-bond donors (Lipinski definition) is 1. The number of thioether (sulfide) groups is 2. The fraction of sp³-hybridized carbons (Fsp3) is 0.333. The summed E-state index contributed by atoms with van der Waals surface area (Å²) in [6.45, 7) is 0.913. The highest BCUT2D eigenvalue weighted by atomic mass is 32.2. The zero-order valence-electron chi connectivity index (χ0n) is 14.6. The van der Waals surface area contributed by atoms with Crippen molar-refractivity contribution in [1.82, 2.24) is 5.32 Å². The molecule has 0 saturated heterocycles. The molecule has 3 nitrogen and oxygen atoms in total. The molecule has 1 heterocycles. The molecule has 2 aliphatic rings. The Hall–Kier alpha value is -1.72. The largest absolute Gasteiger partial charge is 0.345 e. The Morgan fingerprint density at radius 1 is 1.19 bits per heavy atom. The number of hydrogen-bond acceptors (Lipinski definition) is 4. The van der Waals surface area contributed by atoms with E-state index >= 15 is 0 Å². The second kappa shape index (κ2) is 8.31. The molecule has 0 radical (unpaired) electrons. The van der Waals surface area contributed by atoms with Crippen LogP contribution in [0.1, 0.15) is 45.9 Å². The van der Waals surface area contributed by atoms with E-state index in [-0.39, 0.29) is 11.9 Å². The molecular weight excluding hydrogens is 360 g/mol. The molecule has 0 unspecified atom stereocenters. The predicted molar refractivity (Wildman–Crippen MR) is 112 cm³/mol. The van der Waals surface area contributed by atoms with E-state index in [1.807, 2.05) is 30.0 Å². The molecule has 134 valence electrons. The average molecular weight is 383 g/mol. The van der Waals surface area contributed by atoms with Gasteiger partial charge in [0.2, 0.25) is 0 Å². The highest BCUT2D eigenvalue weighted by Gasteiger charge is 2.23. The lowest BCUT2D eigenvalue weighted by atomic mass is 9.87. The monoisotopic (exact) mass is 382 g/mol. The molecule has 0 aromatic heterocycles. The van der Waals surface area contributed by atoms with Crippen LogP contribution in [-0.4, -0.2) is 22.6 Å². The Morgan fingerprint density at radius 3 is 2.92 bits per heavy atom. The van der Waals surface area contributed by atoms with Crippen LogP contribution in [-0.2, 0) is 12.2 Å². The van der Waals surface area contributed by atoms with Gasteiger partial charge in [-0.2, -0.15) is 0 Å². The van der Waals surface area contributed by atoms with Crippen molar-refractivity contribution in [1.29, 1.82) is 0 Å². The molecule has 1 aliphatic carbocycles. The van der Waals surface area contributed by atoms with E-state index in [0.717, 1.165) is 52.8 Å². The third kappa shape index (κ3) is 3.99. The number of rotatable bonds is 4. The number of carbonyl (C=O) groups is 1. The number of amides is 1. The molecule has 4 rings (SSSR count). The number of carbonyl (C=O) groups excluding carboxylic acids is 1. The minimum Gasteiger partial charge on any atom is -0.345 e. The van der Waals surface area contributed by atoms with Crippen molar-refractivity contribution in [2.24, 2.45) is 4.99 Å². The summed E-state index contributed by atoms with van der Waals surface area (Å²) in [4.78, 5) is 17.5. The van der Waals surface area contributed by atoms with E-state index < -0.39 is 0 Å². The summed E-state index contributed by atoms with van der Waals surface area (Å²) in [5.41, 5.74) is 4.50. The SMILES string of the molecule is O=C(N[C@@H]1CCCc2ccccc21)c1ccccc1CSC1=NCCS1. The second-order valence-corrected chi connectivity index (χ2v) is 8.87. The van der Waals surface area contributed by atoms with Crippen LogP contribution in [0.2, 0.25) is 0 Å². The van der Waals surface area contributed by atoms with Crippen molar-refractivity contribution in [3.05, 3.63) is 70.8 Å². The first-order valence-electron chi connectivity index (χ1n) is 9.08. The molecule has 1 aliphatic heterocycles. The molecule has 1 amide bonds. The Morgan fingerprint density at radius 2 is 2.04 bits per heavy atom. The van der Waals surface area contributed by atoms with Crippen LogP contribution in [0, 0.1) is 0 Å². The minimum absolute atomic E-state index is 0.0314. The van der Waals surface area contributed by atoms with E-state index in [9.17, 15) is 4.79 Å². The Balaban J connectivity index is 1.48. The van der Waals surface area contributed by atoms with Crippen LogP contribution in [0.5, 0.6) is 0 Å². The second-order valence-electron chi connectivity index (χ2n) is 6.56. The first kappa shape index (κ1) is 17.7.